The second-order valence-electron chi connectivity index (χ2n) is 2.96. The van der Waals surface area contributed by atoms with Crippen molar-refractivity contribution in [1.82, 2.24) is 4.90 Å². The maximum atomic E-state index is 3.21. The van der Waals surface area contributed by atoms with Crippen molar-refractivity contribution in [1.29, 1.82) is 0 Å². The van der Waals surface area contributed by atoms with E-state index in [4.69, 9.17) is 0 Å². The summed E-state index contributed by atoms with van der Waals surface area (Å²) in [6, 6.07) is 11.8. The van der Waals surface area contributed by atoms with E-state index in [1.165, 1.54) is 5.56 Å². The second-order valence-corrected chi connectivity index (χ2v) is 2.96. The number of rotatable bonds is 2. The fourth-order valence-electron chi connectivity index (χ4n) is 0.945. The van der Waals surface area contributed by atoms with Gasteiger partial charge < -0.3 is 19.8 Å². The Morgan fingerprint density at radius 3 is 2.14 bits per heavy atom. The predicted molar refractivity (Wildman–Crippen MR) is 60.2 cm³/mol. The summed E-state index contributed by atoms with van der Waals surface area (Å²) in [6.45, 7) is 2.17. The Hall–Kier alpha value is -0.158. The minimum absolute atomic E-state index is 0. The first-order valence-electron chi connectivity index (χ1n) is 3.85. The summed E-state index contributed by atoms with van der Waals surface area (Å²) >= 11 is 0. The van der Waals surface area contributed by atoms with Crippen molar-refractivity contribution in [2.75, 3.05) is 14.1 Å². The Labute approximate surface area is 103 Å². The van der Waals surface area contributed by atoms with Crippen LogP contribution in [0.15, 0.2) is 24.3 Å². The molecule has 0 aliphatic rings. The van der Waals surface area contributed by atoms with Crippen LogP contribution in [0.3, 0.4) is 0 Å². The molecule has 0 aliphatic heterocycles. The van der Waals surface area contributed by atoms with E-state index in [1.807, 2.05) is 18.2 Å². The maximum absolute atomic E-state index is 3.21. The van der Waals surface area contributed by atoms with Crippen LogP contribution >= 0.6 is 0 Å². The Bertz CT molecular complexity index is 209. The zero-order chi connectivity index (χ0) is 8.27. The van der Waals surface area contributed by atoms with Crippen LogP contribution in [0.2, 0.25) is 0 Å². The summed E-state index contributed by atoms with van der Waals surface area (Å²) in [6.07, 6.45) is 0. The molecule has 14 heavy (non-hydrogen) atoms. The molecular formula is C12H20NPd-3. The smallest absolute Gasteiger partial charge is 0.00885 e. The van der Waals surface area contributed by atoms with Gasteiger partial charge in [0, 0.05) is 26.5 Å². The molecule has 1 aromatic rings. The molecule has 1 rings (SSSR count). The summed E-state index contributed by atoms with van der Waals surface area (Å²) in [5.74, 6) is 0. The number of hydrogen-bond donors (Lipinski definition) is 0. The van der Waals surface area contributed by atoms with Gasteiger partial charge in [0.25, 0.3) is 0 Å². The Balaban J connectivity index is -0.000000403. The summed E-state index contributed by atoms with van der Waals surface area (Å²) in [5.41, 5.74) is 1.25. The van der Waals surface area contributed by atoms with E-state index in [9.17, 15) is 0 Å². The molecule has 86 valence electrons. The van der Waals surface area contributed by atoms with Crippen molar-refractivity contribution in [2.24, 2.45) is 0 Å². The van der Waals surface area contributed by atoms with Gasteiger partial charge in [-0.25, -0.2) is 0 Å². The fraction of sp³-hybridized carbons (Fsp3) is 0.333. The number of benzene rings is 1. The van der Waals surface area contributed by atoms with Gasteiger partial charge in [-0.2, -0.15) is 30.3 Å². The summed E-state index contributed by atoms with van der Waals surface area (Å²) in [4.78, 5) is 2.17. The molecule has 0 spiro atoms. The standard InChI is InChI=1S/C10H14N.2CH3.Pd/c1-9(11(2)3)10-7-5-4-6-8-10;;;/h4-7,9H,1-3H3;2*1H3;/q3*-1;. The third-order valence-electron chi connectivity index (χ3n) is 1.96. The molecule has 0 fully saturated rings. The van der Waals surface area contributed by atoms with E-state index < -0.39 is 0 Å². The molecule has 0 amide bonds. The summed E-state index contributed by atoms with van der Waals surface area (Å²) < 4.78 is 0. The van der Waals surface area contributed by atoms with Crippen molar-refractivity contribution < 1.29 is 20.4 Å². The van der Waals surface area contributed by atoms with E-state index in [0.29, 0.717) is 6.04 Å². The van der Waals surface area contributed by atoms with Gasteiger partial charge in [-0.05, 0) is 21.0 Å². The van der Waals surface area contributed by atoms with Gasteiger partial charge in [0.2, 0.25) is 0 Å². The number of hydrogen-bond acceptors (Lipinski definition) is 1. The Kier molecular flexibility index (Phi) is 13.0. The molecule has 0 radical (unpaired) electrons. The third kappa shape index (κ3) is 5.55. The summed E-state index contributed by atoms with van der Waals surface area (Å²) in [5, 5.41) is 0. The molecular weight excluding hydrogens is 265 g/mol. The predicted octanol–water partition coefficient (Wildman–Crippen LogP) is 3.01. The zero-order valence-electron chi connectivity index (χ0n) is 9.65. The van der Waals surface area contributed by atoms with E-state index >= 15 is 0 Å². The van der Waals surface area contributed by atoms with E-state index in [2.05, 4.69) is 38.1 Å². The van der Waals surface area contributed by atoms with Gasteiger partial charge in [0.1, 0.15) is 0 Å². The van der Waals surface area contributed by atoms with Crippen LogP contribution in [-0.2, 0) is 20.4 Å². The van der Waals surface area contributed by atoms with Gasteiger partial charge in [-0.3, -0.25) is 0 Å². The Morgan fingerprint density at radius 1 is 1.21 bits per heavy atom. The minimum atomic E-state index is 0. The number of nitrogens with zero attached hydrogens (tertiary/aromatic N) is 1. The van der Waals surface area contributed by atoms with Gasteiger partial charge in [-0.1, -0.05) is 0 Å². The molecule has 0 saturated heterocycles. The molecule has 0 saturated carbocycles. The van der Waals surface area contributed by atoms with E-state index in [0.717, 1.165) is 0 Å². The molecule has 1 aromatic carbocycles. The average molecular weight is 285 g/mol. The molecule has 2 heteroatoms. The second kappa shape index (κ2) is 9.40. The van der Waals surface area contributed by atoms with Crippen LogP contribution in [0, 0.1) is 20.9 Å². The van der Waals surface area contributed by atoms with Crippen LogP contribution in [-0.4, -0.2) is 19.0 Å². The van der Waals surface area contributed by atoms with Crippen LogP contribution < -0.4 is 0 Å². The van der Waals surface area contributed by atoms with Crippen molar-refractivity contribution in [2.45, 2.75) is 13.0 Å². The molecule has 1 atom stereocenters. The van der Waals surface area contributed by atoms with Crippen molar-refractivity contribution >= 4 is 0 Å². The van der Waals surface area contributed by atoms with Gasteiger partial charge in [0.15, 0.2) is 0 Å². The van der Waals surface area contributed by atoms with Crippen molar-refractivity contribution in [3.8, 4) is 0 Å². The molecule has 0 heterocycles. The normalized spacial score (nSPS) is 10.6. The molecule has 0 aromatic heterocycles. The quantitative estimate of drug-likeness (QED) is 0.596. The first-order valence-corrected chi connectivity index (χ1v) is 3.85. The van der Waals surface area contributed by atoms with Gasteiger partial charge in [-0.15, -0.1) is 5.56 Å². The first kappa shape index (κ1) is 19.4. The van der Waals surface area contributed by atoms with Crippen molar-refractivity contribution in [3.63, 3.8) is 0 Å². The Morgan fingerprint density at radius 2 is 1.79 bits per heavy atom. The van der Waals surface area contributed by atoms with Crippen molar-refractivity contribution in [3.05, 3.63) is 50.7 Å². The van der Waals surface area contributed by atoms with Crippen LogP contribution in [0.1, 0.15) is 18.5 Å². The van der Waals surface area contributed by atoms with E-state index in [1.54, 1.807) is 0 Å². The maximum Gasteiger partial charge on any atom is 0.00885 e. The monoisotopic (exact) mass is 284 g/mol. The van der Waals surface area contributed by atoms with Crippen LogP contribution in [0.25, 0.3) is 0 Å². The SMILES string of the molecule is CC(c1[c-]cccc1)N(C)C.[CH3-].[CH3-].[Pd]. The van der Waals surface area contributed by atoms with E-state index in [-0.39, 0.29) is 35.3 Å². The van der Waals surface area contributed by atoms with Crippen LogP contribution in [0.5, 0.6) is 0 Å². The zero-order valence-corrected chi connectivity index (χ0v) is 11.2. The molecule has 0 bridgehead atoms. The third-order valence-corrected chi connectivity index (χ3v) is 1.96. The molecule has 0 N–H and O–H groups in total. The topological polar surface area (TPSA) is 3.24 Å². The minimum Gasteiger partial charge on any atom is -0.358 e. The van der Waals surface area contributed by atoms with Gasteiger partial charge in [0.05, 0.1) is 0 Å². The fourth-order valence-corrected chi connectivity index (χ4v) is 0.945. The van der Waals surface area contributed by atoms with Gasteiger partial charge >= 0.3 is 0 Å². The summed E-state index contributed by atoms with van der Waals surface area (Å²) in [7, 11) is 4.15. The first-order chi connectivity index (χ1) is 5.22. The van der Waals surface area contributed by atoms with Crippen LogP contribution in [0.4, 0.5) is 0 Å². The molecule has 1 unspecified atom stereocenters. The largest absolute Gasteiger partial charge is 0.358 e. The average Bonchev–Trinajstić information content (AvgIpc) is 2.05. The molecule has 1 nitrogen and oxygen atoms in total. The molecule has 0 aliphatic carbocycles.